The molecule has 4 nitrogen and oxygen atoms in total. The van der Waals surface area contributed by atoms with Crippen LogP contribution in [0.15, 0.2) is 34.9 Å². The van der Waals surface area contributed by atoms with Crippen molar-refractivity contribution in [1.82, 2.24) is 4.90 Å². The molecule has 0 aliphatic carbocycles. The second kappa shape index (κ2) is 5.75. The summed E-state index contributed by atoms with van der Waals surface area (Å²) in [6.45, 7) is 5.40. The van der Waals surface area contributed by atoms with Gasteiger partial charge in [0.15, 0.2) is 9.84 Å². The number of hydrogen-bond acceptors (Lipinski definition) is 4. The molecule has 19 heavy (non-hydrogen) atoms. The first-order valence-electron chi connectivity index (χ1n) is 6.28. The quantitative estimate of drug-likeness (QED) is 0.847. The average Bonchev–Trinajstić information content (AvgIpc) is 2.39. The largest absolute Gasteiger partial charge is 0.378 e. The molecule has 1 heterocycles. The third-order valence-electron chi connectivity index (χ3n) is 3.19. The number of morpholine rings is 1. The second-order valence-corrected chi connectivity index (χ2v) is 6.74. The molecule has 0 N–H and O–H groups in total. The lowest BCUT2D eigenvalue weighted by Gasteiger charge is -2.29. The molecule has 0 atom stereocenters. The molecule has 0 radical (unpaired) electrons. The third kappa shape index (κ3) is 3.81. The Kier molecular flexibility index (Phi) is 4.27. The SMILES string of the molecule is CC(=Cc1ccc(S(C)(=O)=O)cc1)N1CCOCC1. The lowest BCUT2D eigenvalue weighted by molar-refractivity contribution is 0.0542. The van der Waals surface area contributed by atoms with Crippen molar-refractivity contribution in [2.24, 2.45) is 0 Å². The Hall–Kier alpha value is -1.33. The molecule has 1 saturated heterocycles. The first kappa shape index (κ1) is 14.1. The number of allylic oxidation sites excluding steroid dienone is 1. The van der Waals surface area contributed by atoms with Gasteiger partial charge in [0.05, 0.1) is 18.1 Å². The summed E-state index contributed by atoms with van der Waals surface area (Å²) < 4.78 is 28.1. The molecular formula is C14H19NO3S. The molecular weight excluding hydrogens is 262 g/mol. The van der Waals surface area contributed by atoms with Crippen LogP contribution < -0.4 is 0 Å². The van der Waals surface area contributed by atoms with Crippen LogP contribution in [0.1, 0.15) is 12.5 Å². The van der Waals surface area contributed by atoms with Crippen molar-refractivity contribution in [2.75, 3.05) is 32.6 Å². The van der Waals surface area contributed by atoms with Crippen molar-refractivity contribution < 1.29 is 13.2 Å². The molecule has 0 amide bonds. The smallest absolute Gasteiger partial charge is 0.175 e. The summed E-state index contributed by atoms with van der Waals surface area (Å²) in [4.78, 5) is 2.63. The van der Waals surface area contributed by atoms with E-state index in [1.807, 2.05) is 12.1 Å². The van der Waals surface area contributed by atoms with Crippen LogP contribution in [0, 0.1) is 0 Å². The monoisotopic (exact) mass is 281 g/mol. The van der Waals surface area contributed by atoms with Crippen LogP contribution in [-0.2, 0) is 14.6 Å². The molecule has 5 heteroatoms. The van der Waals surface area contributed by atoms with E-state index in [4.69, 9.17) is 4.74 Å². The van der Waals surface area contributed by atoms with Gasteiger partial charge in [0.1, 0.15) is 0 Å². The van der Waals surface area contributed by atoms with E-state index in [9.17, 15) is 8.42 Å². The lowest BCUT2D eigenvalue weighted by atomic mass is 10.2. The van der Waals surface area contributed by atoms with Crippen LogP contribution in [0.2, 0.25) is 0 Å². The Balaban J connectivity index is 2.14. The van der Waals surface area contributed by atoms with Gasteiger partial charge in [0.25, 0.3) is 0 Å². The van der Waals surface area contributed by atoms with Gasteiger partial charge in [-0.25, -0.2) is 8.42 Å². The lowest BCUT2D eigenvalue weighted by Crippen LogP contribution is -2.34. The first-order valence-corrected chi connectivity index (χ1v) is 8.17. The normalized spacial score (nSPS) is 17.6. The molecule has 0 unspecified atom stereocenters. The van der Waals surface area contributed by atoms with E-state index >= 15 is 0 Å². The maximum Gasteiger partial charge on any atom is 0.175 e. The maximum absolute atomic E-state index is 11.4. The molecule has 0 saturated carbocycles. The number of benzene rings is 1. The van der Waals surface area contributed by atoms with Gasteiger partial charge < -0.3 is 9.64 Å². The zero-order valence-electron chi connectivity index (χ0n) is 11.3. The van der Waals surface area contributed by atoms with Crippen molar-refractivity contribution in [1.29, 1.82) is 0 Å². The molecule has 0 spiro atoms. The van der Waals surface area contributed by atoms with Crippen LogP contribution in [0.25, 0.3) is 6.08 Å². The minimum Gasteiger partial charge on any atom is -0.378 e. The number of sulfone groups is 1. The molecule has 0 bridgehead atoms. The highest BCUT2D eigenvalue weighted by Crippen LogP contribution is 2.15. The van der Waals surface area contributed by atoms with Crippen LogP contribution in [0.5, 0.6) is 0 Å². The number of ether oxygens (including phenoxy) is 1. The topological polar surface area (TPSA) is 46.6 Å². The zero-order valence-corrected chi connectivity index (χ0v) is 12.1. The van der Waals surface area contributed by atoms with Gasteiger partial charge in [-0.1, -0.05) is 12.1 Å². The van der Waals surface area contributed by atoms with Gasteiger partial charge in [-0.05, 0) is 30.7 Å². The molecule has 1 fully saturated rings. The third-order valence-corrected chi connectivity index (χ3v) is 4.32. The molecule has 1 aromatic carbocycles. The second-order valence-electron chi connectivity index (χ2n) is 4.73. The standard InChI is InChI=1S/C14H19NO3S/c1-12(15-7-9-18-10-8-15)11-13-3-5-14(6-4-13)19(2,16)17/h3-6,11H,7-10H2,1-2H3. The van der Waals surface area contributed by atoms with Gasteiger partial charge in [-0.15, -0.1) is 0 Å². The predicted molar refractivity (Wildman–Crippen MR) is 75.6 cm³/mol. The van der Waals surface area contributed by atoms with E-state index in [-0.39, 0.29) is 0 Å². The highest BCUT2D eigenvalue weighted by Gasteiger charge is 2.10. The Morgan fingerprint density at radius 3 is 2.32 bits per heavy atom. The summed E-state index contributed by atoms with van der Waals surface area (Å²) in [5, 5.41) is 0. The fraction of sp³-hybridized carbons (Fsp3) is 0.429. The van der Waals surface area contributed by atoms with E-state index in [2.05, 4.69) is 17.9 Å². The summed E-state index contributed by atoms with van der Waals surface area (Å²) in [5.41, 5.74) is 2.19. The van der Waals surface area contributed by atoms with E-state index in [0.29, 0.717) is 4.90 Å². The summed E-state index contributed by atoms with van der Waals surface area (Å²) in [7, 11) is -3.12. The van der Waals surface area contributed by atoms with E-state index in [1.54, 1.807) is 12.1 Å². The van der Waals surface area contributed by atoms with Gasteiger partial charge in [0.2, 0.25) is 0 Å². The zero-order chi connectivity index (χ0) is 13.9. The summed E-state index contributed by atoms with van der Waals surface area (Å²) >= 11 is 0. The fourth-order valence-electron chi connectivity index (χ4n) is 2.06. The molecule has 0 aromatic heterocycles. The molecule has 104 valence electrons. The number of hydrogen-bond donors (Lipinski definition) is 0. The van der Waals surface area contributed by atoms with E-state index in [0.717, 1.165) is 31.9 Å². The minimum atomic E-state index is -3.12. The molecule has 1 aliphatic rings. The molecule has 1 aromatic rings. The van der Waals surface area contributed by atoms with Crippen LogP contribution in [-0.4, -0.2) is 45.9 Å². The minimum absolute atomic E-state index is 0.355. The van der Waals surface area contributed by atoms with Crippen molar-refractivity contribution in [2.45, 2.75) is 11.8 Å². The van der Waals surface area contributed by atoms with Crippen molar-refractivity contribution in [3.05, 3.63) is 35.5 Å². The highest BCUT2D eigenvalue weighted by atomic mass is 32.2. The average molecular weight is 281 g/mol. The predicted octanol–water partition coefficient (Wildman–Crippen LogP) is 1.78. The summed E-state index contributed by atoms with van der Waals surface area (Å²) in [6.07, 6.45) is 3.29. The number of rotatable bonds is 3. The summed E-state index contributed by atoms with van der Waals surface area (Å²) in [5.74, 6) is 0. The van der Waals surface area contributed by atoms with Gasteiger partial charge >= 0.3 is 0 Å². The van der Waals surface area contributed by atoms with Crippen molar-refractivity contribution in [3.63, 3.8) is 0 Å². The van der Waals surface area contributed by atoms with Gasteiger partial charge in [-0.2, -0.15) is 0 Å². The van der Waals surface area contributed by atoms with Crippen LogP contribution >= 0.6 is 0 Å². The maximum atomic E-state index is 11.4. The first-order chi connectivity index (χ1) is 8.97. The summed E-state index contributed by atoms with van der Waals surface area (Å²) in [6, 6.07) is 6.96. The van der Waals surface area contributed by atoms with Crippen molar-refractivity contribution in [3.8, 4) is 0 Å². The Bertz CT molecular complexity index is 555. The van der Waals surface area contributed by atoms with E-state index < -0.39 is 9.84 Å². The van der Waals surface area contributed by atoms with Crippen LogP contribution in [0.4, 0.5) is 0 Å². The van der Waals surface area contributed by atoms with Crippen LogP contribution in [0.3, 0.4) is 0 Å². The fourth-order valence-corrected chi connectivity index (χ4v) is 2.69. The Morgan fingerprint density at radius 1 is 1.21 bits per heavy atom. The number of nitrogens with zero attached hydrogens (tertiary/aromatic N) is 1. The molecule has 2 rings (SSSR count). The van der Waals surface area contributed by atoms with E-state index in [1.165, 1.54) is 12.0 Å². The highest BCUT2D eigenvalue weighted by molar-refractivity contribution is 7.90. The Labute approximate surface area is 114 Å². The van der Waals surface area contributed by atoms with Gasteiger partial charge in [-0.3, -0.25) is 0 Å². The van der Waals surface area contributed by atoms with Gasteiger partial charge in [0, 0.05) is 25.0 Å². The molecule has 1 aliphatic heterocycles. The Morgan fingerprint density at radius 2 is 1.79 bits per heavy atom. The van der Waals surface area contributed by atoms with Crippen molar-refractivity contribution >= 4 is 15.9 Å².